The van der Waals surface area contributed by atoms with Gasteiger partial charge < -0.3 is 16.0 Å². The first-order chi connectivity index (χ1) is 14.2. The normalized spacial score (nSPS) is 20.8. The molecule has 0 aromatic heterocycles. The highest BCUT2D eigenvalue weighted by Crippen LogP contribution is 2.17. The first-order valence-corrected chi connectivity index (χ1v) is 11.3. The number of hydrogen-bond acceptors (Lipinski definition) is 3. The van der Waals surface area contributed by atoms with E-state index in [0.717, 1.165) is 45.3 Å². The van der Waals surface area contributed by atoms with Gasteiger partial charge in [-0.05, 0) is 44.2 Å². The Morgan fingerprint density at radius 3 is 2.48 bits per heavy atom. The molecule has 1 aromatic carbocycles. The van der Waals surface area contributed by atoms with E-state index in [9.17, 15) is 9.59 Å². The maximum atomic E-state index is 12.3. The van der Waals surface area contributed by atoms with Gasteiger partial charge in [0.25, 0.3) is 0 Å². The van der Waals surface area contributed by atoms with Gasteiger partial charge in [-0.3, -0.25) is 9.69 Å². The smallest absolute Gasteiger partial charge is 0.315 e. The molecule has 3 N–H and O–H groups in total. The van der Waals surface area contributed by atoms with Crippen LogP contribution in [0.2, 0.25) is 0 Å². The summed E-state index contributed by atoms with van der Waals surface area (Å²) in [6, 6.07) is 10.9. The number of urea groups is 1. The molecule has 1 aromatic rings. The molecule has 3 amide bonds. The number of likely N-dealkylation sites (tertiary alicyclic amines) is 1. The quantitative estimate of drug-likeness (QED) is 0.587. The maximum absolute atomic E-state index is 12.3. The lowest BCUT2D eigenvalue weighted by molar-refractivity contribution is -0.122. The van der Waals surface area contributed by atoms with Crippen molar-refractivity contribution in [1.82, 2.24) is 20.9 Å². The summed E-state index contributed by atoms with van der Waals surface area (Å²) in [5.41, 5.74) is 1.32. The molecule has 1 atom stereocenters. The van der Waals surface area contributed by atoms with Crippen molar-refractivity contribution in [3.8, 4) is 0 Å². The Labute approximate surface area is 174 Å². The van der Waals surface area contributed by atoms with Crippen molar-refractivity contribution in [3.63, 3.8) is 0 Å². The molecule has 0 bridgehead atoms. The molecule has 1 aliphatic heterocycles. The zero-order chi connectivity index (χ0) is 20.3. The standard InChI is InChI=1S/C23H36N4O2/c28-22(14-7-15-24-23(29)26-20-11-5-2-6-12-20)25-21-13-8-16-27(18-21)17-19-9-3-1-4-10-19/h1,3-4,9-10,20-21H,2,5-8,11-18H2,(H,25,28)(H2,24,26,29). The van der Waals surface area contributed by atoms with Crippen LogP contribution in [-0.2, 0) is 11.3 Å². The fourth-order valence-electron chi connectivity index (χ4n) is 4.39. The third-order valence-corrected chi connectivity index (χ3v) is 5.93. The predicted octanol–water partition coefficient (Wildman–Crippen LogP) is 3.18. The molecule has 29 heavy (non-hydrogen) atoms. The lowest BCUT2D eigenvalue weighted by Gasteiger charge is -2.33. The van der Waals surface area contributed by atoms with Crippen LogP contribution in [0.3, 0.4) is 0 Å². The van der Waals surface area contributed by atoms with E-state index in [1.54, 1.807) is 0 Å². The molecular formula is C23H36N4O2. The summed E-state index contributed by atoms with van der Waals surface area (Å²) in [5, 5.41) is 9.11. The summed E-state index contributed by atoms with van der Waals surface area (Å²) < 4.78 is 0. The van der Waals surface area contributed by atoms with E-state index in [4.69, 9.17) is 0 Å². The van der Waals surface area contributed by atoms with Crippen molar-refractivity contribution in [2.75, 3.05) is 19.6 Å². The minimum Gasteiger partial charge on any atom is -0.352 e. The monoisotopic (exact) mass is 400 g/mol. The number of amides is 3. The third-order valence-electron chi connectivity index (χ3n) is 5.93. The molecule has 0 spiro atoms. The molecule has 0 radical (unpaired) electrons. The maximum Gasteiger partial charge on any atom is 0.315 e. The summed E-state index contributed by atoms with van der Waals surface area (Å²) in [5.74, 6) is 0.0889. The average molecular weight is 401 g/mol. The Kier molecular flexibility index (Phi) is 8.81. The first kappa shape index (κ1) is 21.6. The Balaban J connectivity index is 1.27. The van der Waals surface area contributed by atoms with Gasteiger partial charge in [0.2, 0.25) is 5.91 Å². The van der Waals surface area contributed by atoms with E-state index in [2.05, 4.69) is 45.1 Å². The number of carbonyl (C=O) groups is 2. The molecule has 2 aliphatic rings. The molecule has 2 fully saturated rings. The molecule has 3 rings (SSSR count). The fraction of sp³-hybridized carbons (Fsp3) is 0.652. The third kappa shape index (κ3) is 8.05. The highest BCUT2D eigenvalue weighted by molar-refractivity contribution is 5.76. The predicted molar refractivity (Wildman–Crippen MR) is 116 cm³/mol. The highest BCUT2D eigenvalue weighted by atomic mass is 16.2. The van der Waals surface area contributed by atoms with Gasteiger partial charge in [-0.1, -0.05) is 49.6 Å². The van der Waals surface area contributed by atoms with Crippen LogP contribution in [0.4, 0.5) is 4.79 Å². The minimum absolute atomic E-state index is 0.0889. The summed E-state index contributed by atoms with van der Waals surface area (Å²) >= 11 is 0. The number of hydrogen-bond donors (Lipinski definition) is 3. The van der Waals surface area contributed by atoms with Crippen LogP contribution < -0.4 is 16.0 Å². The van der Waals surface area contributed by atoms with Crippen molar-refractivity contribution < 1.29 is 9.59 Å². The topological polar surface area (TPSA) is 73.5 Å². The van der Waals surface area contributed by atoms with Crippen LogP contribution >= 0.6 is 0 Å². The first-order valence-electron chi connectivity index (χ1n) is 11.3. The van der Waals surface area contributed by atoms with Crippen LogP contribution in [0.5, 0.6) is 0 Å². The molecule has 6 nitrogen and oxygen atoms in total. The van der Waals surface area contributed by atoms with Crippen molar-refractivity contribution >= 4 is 11.9 Å². The van der Waals surface area contributed by atoms with Crippen LogP contribution in [0, 0.1) is 0 Å². The van der Waals surface area contributed by atoms with Crippen LogP contribution in [0.25, 0.3) is 0 Å². The summed E-state index contributed by atoms with van der Waals surface area (Å²) in [4.78, 5) is 26.6. The van der Waals surface area contributed by atoms with Gasteiger partial charge in [-0.15, -0.1) is 0 Å². The fourth-order valence-corrected chi connectivity index (χ4v) is 4.39. The number of carbonyl (C=O) groups excluding carboxylic acids is 2. The second-order valence-electron chi connectivity index (χ2n) is 8.47. The van der Waals surface area contributed by atoms with E-state index in [1.165, 1.54) is 24.8 Å². The largest absolute Gasteiger partial charge is 0.352 e. The Morgan fingerprint density at radius 2 is 1.69 bits per heavy atom. The highest BCUT2D eigenvalue weighted by Gasteiger charge is 2.21. The van der Waals surface area contributed by atoms with E-state index >= 15 is 0 Å². The second-order valence-corrected chi connectivity index (χ2v) is 8.47. The molecule has 160 valence electrons. The molecule has 1 saturated carbocycles. The molecular weight excluding hydrogens is 364 g/mol. The Bertz CT molecular complexity index is 631. The number of rotatable bonds is 8. The minimum atomic E-state index is -0.0962. The lowest BCUT2D eigenvalue weighted by Crippen LogP contribution is -2.47. The van der Waals surface area contributed by atoms with Crippen molar-refractivity contribution in [3.05, 3.63) is 35.9 Å². The van der Waals surface area contributed by atoms with Gasteiger partial charge in [0, 0.05) is 38.1 Å². The van der Waals surface area contributed by atoms with Crippen molar-refractivity contribution in [2.24, 2.45) is 0 Å². The molecule has 1 unspecified atom stereocenters. The van der Waals surface area contributed by atoms with Gasteiger partial charge in [0.05, 0.1) is 0 Å². The SMILES string of the molecule is O=C(CCCNC(=O)NC1CCCCC1)NC1CCCN(Cc2ccccc2)C1. The Hall–Kier alpha value is -2.08. The van der Waals surface area contributed by atoms with Gasteiger partial charge in [0.15, 0.2) is 0 Å². The van der Waals surface area contributed by atoms with Crippen LogP contribution in [0.1, 0.15) is 63.4 Å². The summed E-state index contributed by atoms with van der Waals surface area (Å²) in [6.45, 7) is 3.47. The van der Waals surface area contributed by atoms with E-state index < -0.39 is 0 Å². The van der Waals surface area contributed by atoms with Gasteiger partial charge in [0.1, 0.15) is 0 Å². The van der Waals surface area contributed by atoms with Crippen LogP contribution in [0.15, 0.2) is 30.3 Å². The van der Waals surface area contributed by atoms with Gasteiger partial charge in [-0.25, -0.2) is 4.79 Å². The van der Waals surface area contributed by atoms with E-state index in [-0.39, 0.29) is 18.0 Å². The van der Waals surface area contributed by atoms with Crippen molar-refractivity contribution in [1.29, 1.82) is 0 Å². The second kappa shape index (κ2) is 11.8. The van der Waals surface area contributed by atoms with E-state index in [0.29, 0.717) is 25.4 Å². The van der Waals surface area contributed by atoms with Crippen molar-refractivity contribution in [2.45, 2.75) is 76.4 Å². The zero-order valence-electron chi connectivity index (χ0n) is 17.5. The van der Waals surface area contributed by atoms with Crippen LogP contribution in [-0.4, -0.2) is 48.6 Å². The molecule has 1 aliphatic carbocycles. The Morgan fingerprint density at radius 1 is 0.931 bits per heavy atom. The van der Waals surface area contributed by atoms with Gasteiger partial charge >= 0.3 is 6.03 Å². The number of nitrogens with zero attached hydrogens (tertiary/aromatic N) is 1. The molecule has 6 heteroatoms. The zero-order valence-corrected chi connectivity index (χ0v) is 17.5. The molecule has 1 heterocycles. The van der Waals surface area contributed by atoms with Gasteiger partial charge in [-0.2, -0.15) is 0 Å². The summed E-state index contributed by atoms with van der Waals surface area (Å²) in [6.07, 6.45) is 9.13. The lowest BCUT2D eigenvalue weighted by atomic mass is 9.96. The number of benzene rings is 1. The average Bonchev–Trinajstić information content (AvgIpc) is 2.73. The summed E-state index contributed by atoms with van der Waals surface area (Å²) in [7, 11) is 0. The van der Waals surface area contributed by atoms with E-state index in [1.807, 2.05) is 6.07 Å². The number of piperidine rings is 1. The number of nitrogens with one attached hydrogen (secondary N) is 3. The molecule has 1 saturated heterocycles.